The van der Waals surface area contributed by atoms with Gasteiger partial charge in [0.2, 0.25) is 6.20 Å². The van der Waals surface area contributed by atoms with E-state index >= 15 is 0 Å². The quantitative estimate of drug-likeness (QED) is 0.580. The number of rotatable bonds is 4. The molecule has 5 heteroatoms. The molecular formula is C11H13NO4. The average molecular weight is 223 g/mol. The third-order valence-corrected chi connectivity index (χ3v) is 2.05. The summed E-state index contributed by atoms with van der Waals surface area (Å²) in [6.45, 7) is 1.89. The van der Waals surface area contributed by atoms with Crippen LogP contribution in [0, 0.1) is 17.0 Å². The van der Waals surface area contributed by atoms with Gasteiger partial charge in [0.1, 0.15) is 11.5 Å². The highest BCUT2D eigenvalue weighted by Crippen LogP contribution is 2.31. The van der Waals surface area contributed by atoms with Gasteiger partial charge in [-0.25, -0.2) is 0 Å². The number of hydrogen-bond acceptors (Lipinski definition) is 4. The molecule has 0 spiro atoms. The second-order valence-corrected chi connectivity index (χ2v) is 3.18. The van der Waals surface area contributed by atoms with Gasteiger partial charge in [-0.15, -0.1) is 0 Å². The SMILES string of the molecule is COc1cc(C)cc(OC)c1/C=C/[N+](=O)[O-]. The Balaban J connectivity index is 3.27. The minimum absolute atomic E-state index is 0.529. The van der Waals surface area contributed by atoms with E-state index in [1.807, 2.05) is 6.92 Å². The van der Waals surface area contributed by atoms with Gasteiger partial charge in [0.25, 0.3) is 0 Å². The minimum atomic E-state index is -0.529. The molecule has 1 rings (SSSR count). The van der Waals surface area contributed by atoms with Gasteiger partial charge in [-0.3, -0.25) is 10.1 Å². The predicted molar refractivity (Wildman–Crippen MR) is 60.3 cm³/mol. The summed E-state index contributed by atoms with van der Waals surface area (Å²) in [7, 11) is 3.02. The van der Waals surface area contributed by atoms with Gasteiger partial charge in [-0.2, -0.15) is 0 Å². The molecule has 0 heterocycles. The van der Waals surface area contributed by atoms with Gasteiger partial charge in [0.15, 0.2) is 0 Å². The van der Waals surface area contributed by atoms with Crippen molar-refractivity contribution in [2.45, 2.75) is 6.92 Å². The number of aryl methyl sites for hydroxylation is 1. The second kappa shape index (κ2) is 5.16. The Labute approximate surface area is 93.4 Å². The van der Waals surface area contributed by atoms with Crippen LogP contribution in [0.3, 0.4) is 0 Å². The first-order valence-electron chi connectivity index (χ1n) is 4.62. The van der Waals surface area contributed by atoms with Crippen molar-refractivity contribution in [3.63, 3.8) is 0 Å². The molecule has 0 radical (unpaired) electrons. The van der Waals surface area contributed by atoms with E-state index < -0.39 is 4.92 Å². The topological polar surface area (TPSA) is 61.6 Å². The van der Waals surface area contributed by atoms with Crippen molar-refractivity contribution >= 4 is 6.08 Å². The molecule has 0 bridgehead atoms. The van der Waals surface area contributed by atoms with E-state index in [2.05, 4.69) is 0 Å². The fourth-order valence-corrected chi connectivity index (χ4v) is 1.37. The molecule has 0 saturated carbocycles. The highest BCUT2D eigenvalue weighted by Gasteiger charge is 2.09. The zero-order valence-electron chi connectivity index (χ0n) is 9.39. The van der Waals surface area contributed by atoms with Crippen molar-refractivity contribution in [1.82, 2.24) is 0 Å². The maximum atomic E-state index is 10.3. The molecule has 0 aliphatic rings. The molecular weight excluding hydrogens is 210 g/mol. The molecule has 86 valence electrons. The lowest BCUT2D eigenvalue weighted by molar-refractivity contribution is -0.400. The lowest BCUT2D eigenvalue weighted by Gasteiger charge is -2.10. The van der Waals surface area contributed by atoms with E-state index in [0.29, 0.717) is 17.1 Å². The van der Waals surface area contributed by atoms with Crippen LogP contribution in [-0.4, -0.2) is 19.1 Å². The number of methoxy groups -OCH3 is 2. The molecule has 0 amide bonds. The number of nitrogens with zero attached hydrogens (tertiary/aromatic N) is 1. The Kier molecular flexibility index (Phi) is 3.88. The van der Waals surface area contributed by atoms with E-state index in [0.717, 1.165) is 11.8 Å². The Morgan fingerprint density at radius 3 is 2.12 bits per heavy atom. The Bertz CT molecular complexity index is 401. The number of benzene rings is 1. The normalized spacial score (nSPS) is 10.4. The molecule has 0 aliphatic heterocycles. The Hall–Kier alpha value is -2.04. The highest BCUT2D eigenvalue weighted by atomic mass is 16.6. The number of ether oxygens (including phenoxy) is 2. The predicted octanol–water partition coefficient (Wildman–Crippen LogP) is 2.26. The van der Waals surface area contributed by atoms with Crippen LogP contribution in [0.4, 0.5) is 0 Å². The Morgan fingerprint density at radius 1 is 1.25 bits per heavy atom. The monoisotopic (exact) mass is 223 g/mol. The molecule has 0 atom stereocenters. The van der Waals surface area contributed by atoms with E-state index in [-0.39, 0.29) is 0 Å². The molecule has 0 fully saturated rings. The van der Waals surface area contributed by atoms with Gasteiger partial charge in [-0.1, -0.05) is 0 Å². The van der Waals surface area contributed by atoms with Crippen molar-refractivity contribution in [2.24, 2.45) is 0 Å². The summed E-state index contributed by atoms with van der Waals surface area (Å²) in [4.78, 5) is 9.75. The summed E-state index contributed by atoms with van der Waals surface area (Å²) in [5, 5.41) is 10.3. The Morgan fingerprint density at radius 2 is 1.75 bits per heavy atom. The van der Waals surface area contributed by atoms with Gasteiger partial charge < -0.3 is 9.47 Å². The van der Waals surface area contributed by atoms with E-state index in [1.165, 1.54) is 20.3 Å². The number of nitro groups is 1. The van der Waals surface area contributed by atoms with Crippen molar-refractivity contribution in [3.8, 4) is 11.5 Å². The van der Waals surface area contributed by atoms with Gasteiger partial charge >= 0.3 is 0 Å². The fraction of sp³-hybridized carbons (Fsp3) is 0.273. The van der Waals surface area contributed by atoms with Crippen LogP contribution < -0.4 is 9.47 Å². The van der Waals surface area contributed by atoms with Gasteiger partial charge in [-0.05, 0) is 24.6 Å². The lowest BCUT2D eigenvalue weighted by Crippen LogP contribution is -1.94. The molecule has 0 aliphatic carbocycles. The van der Waals surface area contributed by atoms with Crippen molar-refractivity contribution in [1.29, 1.82) is 0 Å². The summed E-state index contributed by atoms with van der Waals surface area (Å²) in [5.74, 6) is 1.10. The molecule has 16 heavy (non-hydrogen) atoms. The summed E-state index contributed by atoms with van der Waals surface area (Å²) in [5.41, 5.74) is 1.53. The average Bonchev–Trinajstić information content (AvgIpc) is 2.25. The third kappa shape index (κ3) is 2.73. The first-order valence-corrected chi connectivity index (χ1v) is 4.62. The maximum Gasteiger partial charge on any atom is 0.235 e. The third-order valence-electron chi connectivity index (χ3n) is 2.05. The van der Waals surface area contributed by atoms with Crippen LogP contribution in [-0.2, 0) is 0 Å². The zero-order valence-corrected chi connectivity index (χ0v) is 9.39. The van der Waals surface area contributed by atoms with E-state index in [4.69, 9.17) is 9.47 Å². The summed E-state index contributed by atoms with van der Waals surface area (Å²) in [6, 6.07) is 3.59. The first-order chi connectivity index (χ1) is 7.58. The zero-order chi connectivity index (χ0) is 12.1. The highest BCUT2D eigenvalue weighted by molar-refractivity contribution is 5.64. The van der Waals surface area contributed by atoms with Crippen LogP contribution in [0.1, 0.15) is 11.1 Å². The molecule has 0 N–H and O–H groups in total. The lowest BCUT2D eigenvalue weighted by atomic mass is 10.1. The summed E-state index contributed by atoms with van der Waals surface area (Å²) in [6.07, 6.45) is 2.22. The number of hydrogen-bond donors (Lipinski definition) is 0. The molecule has 0 aromatic heterocycles. The van der Waals surface area contributed by atoms with Crippen molar-refractivity contribution in [3.05, 3.63) is 39.6 Å². The second-order valence-electron chi connectivity index (χ2n) is 3.18. The molecule has 1 aromatic carbocycles. The molecule has 5 nitrogen and oxygen atoms in total. The van der Waals surface area contributed by atoms with Gasteiger partial charge in [0, 0.05) is 6.08 Å². The summed E-state index contributed by atoms with van der Waals surface area (Å²) < 4.78 is 10.3. The smallest absolute Gasteiger partial charge is 0.235 e. The fourth-order valence-electron chi connectivity index (χ4n) is 1.37. The maximum absolute atomic E-state index is 10.3. The molecule has 0 unspecified atom stereocenters. The molecule has 1 aromatic rings. The standard InChI is InChI=1S/C11H13NO4/c1-8-6-10(15-2)9(4-5-12(13)14)11(7-8)16-3/h4-7H,1-3H3/b5-4+. The van der Waals surface area contributed by atoms with Crippen LogP contribution in [0.2, 0.25) is 0 Å². The van der Waals surface area contributed by atoms with E-state index in [1.54, 1.807) is 12.1 Å². The minimum Gasteiger partial charge on any atom is -0.496 e. The van der Waals surface area contributed by atoms with Crippen LogP contribution >= 0.6 is 0 Å². The van der Waals surface area contributed by atoms with Crippen LogP contribution in [0.25, 0.3) is 6.08 Å². The van der Waals surface area contributed by atoms with Crippen molar-refractivity contribution < 1.29 is 14.4 Å². The largest absolute Gasteiger partial charge is 0.496 e. The first kappa shape index (κ1) is 12.0. The van der Waals surface area contributed by atoms with Crippen LogP contribution in [0.5, 0.6) is 11.5 Å². The van der Waals surface area contributed by atoms with Crippen molar-refractivity contribution in [2.75, 3.05) is 14.2 Å². The molecule has 0 saturated heterocycles. The summed E-state index contributed by atoms with van der Waals surface area (Å²) >= 11 is 0. The van der Waals surface area contributed by atoms with E-state index in [9.17, 15) is 10.1 Å². The van der Waals surface area contributed by atoms with Gasteiger partial charge in [0.05, 0.1) is 24.7 Å². The van der Waals surface area contributed by atoms with Crippen LogP contribution in [0.15, 0.2) is 18.3 Å².